The van der Waals surface area contributed by atoms with Crippen LogP contribution in [-0.2, 0) is 4.74 Å². The molecule has 0 fully saturated rings. The van der Waals surface area contributed by atoms with Crippen molar-refractivity contribution in [3.63, 3.8) is 0 Å². The molecule has 20 heavy (non-hydrogen) atoms. The summed E-state index contributed by atoms with van der Waals surface area (Å²) in [5.41, 5.74) is 0.628. The highest BCUT2D eigenvalue weighted by molar-refractivity contribution is 5.84. The predicted molar refractivity (Wildman–Crippen MR) is 67.1 cm³/mol. The third kappa shape index (κ3) is 2.48. The molecule has 2 aromatic rings. The topological polar surface area (TPSA) is 108 Å². The Labute approximate surface area is 113 Å². The second-order valence-corrected chi connectivity index (χ2v) is 3.86. The van der Waals surface area contributed by atoms with Gasteiger partial charge < -0.3 is 9.15 Å². The first-order valence-corrected chi connectivity index (χ1v) is 5.79. The number of aromatic nitrogens is 2. The lowest BCUT2D eigenvalue weighted by Gasteiger charge is -2.01. The second-order valence-electron chi connectivity index (χ2n) is 3.86. The van der Waals surface area contributed by atoms with Gasteiger partial charge in [-0.3, -0.25) is 10.1 Å². The summed E-state index contributed by atoms with van der Waals surface area (Å²) in [4.78, 5) is 21.9. The molecule has 0 bridgehead atoms. The van der Waals surface area contributed by atoms with Crippen molar-refractivity contribution in [2.75, 3.05) is 6.61 Å². The minimum Gasteiger partial charge on any atom is -0.459 e. The maximum atomic E-state index is 11.4. The standard InChI is InChI=1S/C12H11N3O5/c1-3-19-12(16)11-14-13-10(20-11)9-7(2)5-4-6-8(9)15(17)18/h4-6H,3H2,1-2H3. The monoisotopic (exact) mass is 277 g/mol. The van der Waals surface area contributed by atoms with Gasteiger partial charge in [-0.05, 0) is 19.4 Å². The van der Waals surface area contributed by atoms with Crippen molar-refractivity contribution in [1.29, 1.82) is 0 Å². The molecule has 0 saturated carbocycles. The Hall–Kier alpha value is -2.77. The maximum Gasteiger partial charge on any atom is 0.396 e. The van der Waals surface area contributed by atoms with Crippen LogP contribution in [0.3, 0.4) is 0 Å². The number of rotatable bonds is 4. The van der Waals surface area contributed by atoms with Gasteiger partial charge in [0, 0.05) is 6.07 Å². The third-order valence-corrected chi connectivity index (χ3v) is 2.54. The molecule has 1 aromatic heterocycles. The zero-order valence-electron chi connectivity index (χ0n) is 10.8. The number of carbonyl (C=O) groups is 1. The molecule has 0 atom stereocenters. The van der Waals surface area contributed by atoms with Gasteiger partial charge in [0.2, 0.25) is 0 Å². The Morgan fingerprint density at radius 1 is 1.45 bits per heavy atom. The van der Waals surface area contributed by atoms with E-state index in [2.05, 4.69) is 10.2 Å². The van der Waals surface area contributed by atoms with E-state index >= 15 is 0 Å². The molecule has 0 aliphatic heterocycles. The molecule has 0 saturated heterocycles. The largest absolute Gasteiger partial charge is 0.459 e. The van der Waals surface area contributed by atoms with Gasteiger partial charge >= 0.3 is 11.9 Å². The van der Waals surface area contributed by atoms with Crippen molar-refractivity contribution in [2.45, 2.75) is 13.8 Å². The molecular weight excluding hydrogens is 266 g/mol. The van der Waals surface area contributed by atoms with Crippen LogP contribution in [0.5, 0.6) is 0 Å². The number of benzene rings is 1. The molecule has 0 N–H and O–H groups in total. The van der Waals surface area contributed by atoms with E-state index in [1.165, 1.54) is 6.07 Å². The summed E-state index contributed by atoms with van der Waals surface area (Å²) in [6.45, 7) is 3.49. The molecule has 2 rings (SSSR count). The molecular formula is C12H11N3O5. The van der Waals surface area contributed by atoms with E-state index in [0.717, 1.165) is 0 Å². The van der Waals surface area contributed by atoms with E-state index in [0.29, 0.717) is 5.56 Å². The first-order chi connectivity index (χ1) is 9.54. The number of esters is 1. The lowest BCUT2D eigenvalue weighted by molar-refractivity contribution is -0.384. The average Bonchev–Trinajstić information content (AvgIpc) is 2.88. The van der Waals surface area contributed by atoms with Crippen molar-refractivity contribution in [3.05, 3.63) is 39.8 Å². The summed E-state index contributed by atoms with van der Waals surface area (Å²) >= 11 is 0. The zero-order valence-corrected chi connectivity index (χ0v) is 10.8. The molecule has 8 heteroatoms. The lowest BCUT2D eigenvalue weighted by atomic mass is 10.1. The van der Waals surface area contributed by atoms with Gasteiger partial charge in [-0.1, -0.05) is 12.1 Å². The maximum absolute atomic E-state index is 11.4. The van der Waals surface area contributed by atoms with Gasteiger partial charge in [-0.15, -0.1) is 10.2 Å². The molecule has 0 unspecified atom stereocenters. The summed E-state index contributed by atoms with van der Waals surface area (Å²) in [6, 6.07) is 4.56. The summed E-state index contributed by atoms with van der Waals surface area (Å²) in [7, 11) is 0. The summed E-state index contributed by atoms with van der Waals surface area (Å²) in [5.74, 6) is -1.18. The van der Waals surface area contributed by atoms with E-state index in [1.54, 1.807) is 26.0 Å². The van der Waals surface area contributed by atoms with Crippen molar-refractivity contribution in [3.8, 4) is 11.5 Å². The van der Waals surface area contributed by atoms with Crippen molar-refractivity contribution in [2.24, 2.45) is 0 Å². The molecule has 0 aliphatic carbocycles. The van der Waals surface area contributed by atoms with Gasteiger partial charge in [0.25, 0.3) is 11.6 Å². The van der Waals surface area contributed by atoms with Crippen LogP contribution in [0.1, 0.15) is 23.2 Å². The van der Waals surface area contributed by atoms with Crippen LogP contribution in [0.25, 0.3) is 11.5 Å². The molecule has 1 heterocycles. The molecule has 104 valence electrons. The van der Waals surface area contributed by atoms with E-state index in [9.17, 15) is 14.9 Å². The molecule has 0 aliphatic rings. The van der Waals surface area contributed by atoms with Crippen LogP contribution in [0.4, 0.5) is 5.69 Å². The van der Waals surface area contributed by atoms with E-state index in [-0.39, 0.29) is 29.6 Å². The summed E-state index contributed by atoms with van der Waals surface area (Å²) in [5, 5.41) is 18.2. The van der Waals surface area contributed by atoms with Gasteiger partial charge in [0.15, 0.2) is 0 Å². The lowest BCUT2D eigenvalue weighted by Crippen LogP contribution is -2.04. The van der Waals surface area contributed by atoms with Crippen LogP contribution in [0, 0.1) is 17.0 Å². The molecule has 8 nitrogen and oxygen atoms in total. The highest BCUT2D eigenvalue weighted by Gasteiger charge is 2.24. The first kappa shape index (κ1) is 13.7. The Bertz CT molecular complexity index is 665. The number of nitro groups is 1. The molecule has 0 radical (unpaired) electrons. The summed E-state index contributed by atoms with van der Waals surface area (Å²) in [6.07, 6.45) is 0. The van der Waals surface area contributed by atoms with Gasteiger partial charge in [0.05, 0.1) is 11.5 Å². The van der Waals surface area contributed by atoms with Crippen LogP contribution in [-0.4, -0.2) is 27.7 Å². The zero-order chi connectivity index (χ0) is 14.7. The number of nitrogens with zero attached hydrogens (tertiary/aromatic N) is 3. The fourth-order valence-corrected chi connectivity index (χ4v) is 1.68. The number of ether oxygens (including phenoxy) is 1. The fraction of sp³-hybridized carbons (Fsp3) is 0.250. The van der Waals surface area contributed by atoms with Crippen LogP contribution < -0.4 is 0 Å². The first-order valence-electron chi connectivity index (χ1n) is 5.79. The highest BCUT2D eigenvalue weighted by atomic mass is 16.6. The smallest absolute Gasteiger partial charge is 0.396 e. The Kier molecular flexibility index (Phi) is 3.74. The minimum atomic E-state index is -0.762. The Balaban J connectivity index is 2.47. The van der Waals surface area contributed by atoms with E-state index < -0.39 is 10.9 Å². The highest BCUT2D eigenvalue weighted by Crippen LogP contribution is 2.31. The molecule has 0 spiro atoms. The van der Waals surface area contributed by atoms with Gasteiger partial charge in [-0.2, -0.15) is 0 Å². The number of aryl methyl sites for hydroxylation is 1. The average molecular weight is 277 g/mol. The Morgan fingerprint density at radius 2 is 2.20 bits per heavy atom. The third-order valence-electron chi connectivity index (χ3n) is 2.54. The number of nitro benzene ring substituents is 1. The number of hydrogen-bond donors (Lipinski definition) is 0. The molecule has 1 aromatic carbocycles. The number of carbonyl (C=O) groups excluding carboxylic acids is 1. The van der Waals surface area contributed by atoms with Gasteiger partial charge in [-0.25, -0.2) is 4.79 Å². The summed E-state index contributed by atoms with van der Waals surface area (Å²) < 4.78 is 9.87. The molecule has 0 amide bonds. The van der Waals surface area contributed by atoms with Crippen LogP contribution >= 0.6 is 0 Å². The van der Waals surface area contributed by atoms with Crippen molar-refractivity contribution < 1.29 is 18.9 Å². The Morgan fingerprint density at radius 3 is 2.85 bits per heavy atom. The normalized spacial score (nSPS) is 10.3. The van der Waals surface area contributed by atoms with Crippen molar-refractivity contribution in [1.82, 2.24) is 10.2 Å². The van der Waals surface area contributed by atoms with Crippen molar-refractivity contribution >= 4 is 11.7 Å². The second kappa shape index (κ2) is 5.47. The van der Waals surface area contributed by atoms with E-state index in [1.807, 2.05) is 0 Å². The van der Waals surface area contributed by atoms with Gasteiger partial charge in [0.1, 0.15) is 5.56 Å². The SMILES string of the molecule is CCOC(=O)c1nnc(-c2c(C)cccc2[N+](=O)[O-])o1. The minimum absolute atomic E-state index is 0.0853. The fourth-order valence-electron chi connectivity index (χ4n) is 1.68. The quantitative estimate of drug-likeness (QED) is 0.478. The van der Waals surface area contributed by atoms with E-state index in [4.69, 9.17) is 9.15 Å². The predicted octanol–water partition coefficient (Wildman–Crippen LogP) is 2.13. The van der Waals surface area contributed by atoms with Crippen LogP contribution in [0.2, 0.25) is 0 Å². The number of hydrogen-bond acceptors (Lipinski definition) is 7. The van der Waals surface area contributed by atoms with Crippen LogP contribution in [0.15, 0.2) is 22.6 Å².